The normalized spacial score (nSPS) is 11.3. The Kier molecular flexibility index (Phi) is 6.55. The maximum atomic E-state index is 12.3. The second-order valence-electron chi connectivity index (χ2n) is 5.39. The molecule has 0 aliphatic heterocycles. The van der Waals surface area contributed by atoms with Crippen molar-refractivity contribution in [3.63, 3.8) is 0 Å². The van der Waals surface area contributed by atoms with Gasteiger partial charge in [0.2, 0.25) is 5.91 Å². The highest BCUT2D eigenvalue weighted by molar-refractivity contribution is 5.98. The first-order chi connectivity index (χ1) is 12.9. The molecule has 3 N–H and O–H groups in total. The van der Waals surface area contributed by atoms with Crippen molar-refractivity contribution in [1.29, 1.82) is 0 Å². The molecule has 0 heterocycles. The highest BCUT2D eigenvalue weighted by Crippen LogP contribution is 2.15. The average Bonchev–Trinajstić information content (AvgIpc) is 2.65. The fourth-order valence-corrected chi connectivity index (χ4v) is 2.09. The van der Waals surface area contributed by atoms with Crippen molar-refractivity contribution >= 4 is 29.2 Å². The molecule has 2 rings (SSSR count). The number of anilines is 1. The average molecular weight is 371 g/mol. The van der Waals surface area contributed by atoms with Gasteiger partial charge in [0.25, 0.3) is 11.6 Å². The van der Waals surface area contributed by atoms with Crippen LogP contribution in [-0.4, -0.2) is 28.7 Å². The lowest BCUT2D eigenvalue weighted by Crippen LogP contribution is -2.52. The zero-order valence-electron chi connectivity index (χ0n) is 13.9. The van der Waals surface area contributed by atoms with Gasteiger partial charge in [-0.15, -0.1) is 0 Å². The van der Waals surface area contributed by atoms with Gasteiger partial charge in [0.05, 0.1) is 4.92 Å². The van der Waals surface area contributed by atoms with E-state index >= 15 is 0 Å². The monoisotopic (exact) mass is 371 g/mol. The van der Waals surface area contributed by atoms with Crippen molar-refractivity contribution in [3.05, 3.63) is 70.3 Å². The summed E-state index contributed by atoms with van der Waals surface area (Å²) in [5, 5.41) is 23.9. The molecule has 1 atom stereocenters. The minimum absolute atomic E-state index is 0.160. The second-order valence-corrected chi connectivity index (χ2v) is 5.39. The Morgan fingerprint density at radius 1 is 1.00 bits per heavy atom. The number of rotatable bonds is 8. The largest absolute Gasteiger partial charge is 0.550 e. The van der Waals surface area contributed by atoms with Crippen LogP contribution in [0.5, 0.6) is 0 Å². The van der Waals surface area contributed by atoms with Crippen LogP contribution in [0.25, 0.3) is 0 Å². The first-order valence-corrected chi connectivity index (χ1v) is 7.73. The standard InChI is InChI=1S/C17H16N4O6/c22-15(23)10-14(19-20-16(24)11-4-2-1-3-5-11)17(25)18-12-6-8-13(9-7-12)21(26)27/h1-9,14,19H,10H2,(H,18,25)(H,20,24)(H,22,23)/p-1/t14-/m0/s1. The molecule has 0 aliphatic rings. The maximum absolute atomic E-state index is 12.3. The molecule has 2 aromatic carbocycles. The van der Waals surface area contributed by atoms with E-state index in [-0.39, 0.29) is 11.4 Å². The summed E-state index contributed by atoms with van der Waals surface area (Å²) in [5.74, 6) is -2.82. The van der Waals surface area contributed by atoms with Crippen LogP contribution in [0.4, 0.5) is 11.4 Å². The number of carbonyl (C=O) groups is 3. The van der Waals surface area contributed by atoms with Gasteiger partial charge in [0.1, 0.15) is 6.04 Å². The predicted octanol–water partition coefficient (Wildman–Crippen LogP) is -0.0235. The maximum Gasteiger partial charge on any atom is 0.269 e. The first-order valence-electron chi connectivity index (χ1n) is 7.73. The lowest BCUT2D eigenvalue weighted by atomic mass is 10.2. The molecule has 10 heteroatoms. The number of nitro benzene ring substituents is 1. The molecule has 0 radical (unpaired) electrons. The number of hydrogen-bond acceptors (Lipinski definition) is 7. The van der Waals surface area contributed by atoms with E-state index in [1.165, 1.54) is 24.3 Å². The minimum atomic E-state index is -1.50. The predicted molar refractivity (Wildman–Crippen MR) is 92.2 cm³/mol. The quantitative estimate of drug-likeness (QED) is 0.435. The zero-order chi connectivity index (χ0) is 19.8. The lowest BCUT2D eigenvalue weighted by molar-refractivity contribution is -0.384. The minimum Gasteiger partial charge on any atom is -0.550 e. The molecule has 10 nitrogen and oxygen atoms in total. The highest BCUT2D eigenvalue weighted by atomic mass is 16.6. The van der Waals surface area contributed by atoms with Gasteiger partial charge in [-0.05, 0) is 24.3 Å². The summed E-state index contributed by atoms with van der Waals surface area (Å²) in [4.78, 5) is 45.2. The third-order valence-electron chi connectivity index (χ3n) is 3.43. The molecule has 27 heavy (non-hydrogen) atoms. The number of carbonyl (C=O) groups excluding carboxylic acids is 3. The summed E-state index contributed by atoms with van der Waals surface area (Å²) in [6.07, 6.45) is -0.701. The van der Waals surface area contributed by atoms with Crippen LogP contribution in [0, 0.1) is 10.1 Å². The van der Waals surface area contributed by atoms with Crippen LogP contribution < -0.4 is 21.3 Å². The van der Waals surface area contributed by atoms with Gasteiger partial charge in [-0.1, -0.05) is 18.2 Å². The van der Waals surface area contributed by atoms with Crippen LogP contribution in [-0.2, 0) is 9.59 Å². The summed E-state index contributed by atoms with van der Waals surface area (Å²) < 4.78 is 0. The van der Waals surface area contributed by atoms with Gasteiger partial charge in [-0.3, -0.25) is 25.1 Å². The number of amides is 2. The molecule has 0 saturated carbocycles. The van der Waals surface area contributed by atoms with Crippen LogP contribution >= 0.6 is 0 Å². The van der Waals surface area contributed by atoms with Crippen molar-refractivity contribution < 1.29 is 24.4 Å². The summed E-state index contributed by atoms with van der Waals surface area (Å²) >= 11 is 0. The number of hydrogen-bond donors (Lipinski definition) is 3. The molecular formula is C17H15N4O6-. The van der Waals surface area contributed by atoms with Crippen LogP contribution in [0.2, 0.25) is 0 Å². The molecule has 0 unspecified atom stereocenters. The third kappa shape index (κ3) is 5.90. The Morgan fingerprint density at radius 2 is 1.63 bits per heavy atom. The van der Waals surface area contributed by atoms with E-state index < -0.39 is 35.2 Å². The summed E-state index contributed by atoms with van der Waals surface area (Å²) in [6.45, 7) is 0. The molecule has 0 aromatic heterocycles. The smallest absolute Gasteiger partial charge is 0.269 e. The van der Waals surface area contributed by atoms with Crippen molar-refractivity contribution in [2.24, 2.45) is 0 Å². The number of non-ortho nitro benzene ring substituents is 1. The van der Waals surface area contributed by atoms with E-state index in [0.717, 1.165) is 0 Å². The number of nitro groups is 1. The van der Waals surface area contributed by atoms with E-state index in [4.69, 9.17) is 0 Å². The second kappa shape index (κ2) is 9.06. The molecule has 2 amide bonds. The van der Waals surface area contributed by atoms with Crippen molar-refractivity contribution in [2.45, 2.75) is 12.5 Å². The van der Waals surface area contributed by atoms with E-state index in [1.807, 2.05) is 0 Å². The van der Waals surface area contributed by atoms with Crippen molar-refractivity contribution in [2.75, 3.05) is 5.32 Å². The van der Waals surface area contributed by atoms with Gasteiger partial charge in [0.15, 0.2) is 0 Å². The molecule has 0 aliphatic carbocycles. The van der Waals surface area contributed by atoms with E-state index in [9.17, 15) is 29.6 Å². The first kappa shape index (κ1) is 19.5. The molecule has 2 aromatic rings. The number of carboxylic acid groups (broad SMARTS) is 1. The van der Waals surface area contributed by atoms with Gasteiger partial charge in [0, 0.05) is 35.8 Å². The number of nitrogens with zero attached hydrogens (tertiary/aromatic N) is 1. The van der Waals surface area contributed by atoms with Gasteiger partial charge in [-0.25, -0.2) is 5.43 Å². The van der Waals surface area contributed by atoms with Gasteiger partial charge in [-0.2, -0.15) is 0 Å². The van der Waals surface area contributed by atoms with Crippen LogP contribution in [0.3, 0.4) is 0 Å². The lowest BCUT2D eigenvalue weighted by Gasteiger charge is -2.19. The highest BCUT2D eigenvalue weighted by Gasteiger charge is 2.20. The number of benzene rings is 2. The van der Waals surface area contributed by atoms with Crippen LogP contribution in [0.15, 0.2) is 54.6 Å². The molecule has 0 fully saturated rings. The van der Waals surface area contributed by atoms with Crippen molar-refractivity contribution in [1.82, 2.24) is 10.9 Å². The number of aliphatic carboxylic acids is 1. The molecular weight excluding hydrogens is 356 g/mol. The Labute approximate surface area is 153 Å². The van der Waals surface area contributed by atoms with Gasteiger partial charge < -0.3 is 15.2 Å². The Morgan fingerprint density at radius 3 is 2.19 bits per heavy atom. The summed E-state index contributed by atoms with van der Waals surface area (Å²) in [6, 6.07) is 11.8. The molecule has 0 saturated heterocycles. The SMILES string of the molecule is O=C([O-])C[C@H](NNC(=O)c1ccccc1)C(=O)Nc1ccc([N+](=O)[O-])cc1. The molecule has 0 spiro atoms. The third-order valence-corrected chi connectivity index (χ3v) is 3.43. The van der Waals surface area contributed by atoms with E-state index in [0.29, 0.717) is 5.56 Å². The summed E-state index contributed by atoms with van der Waals surface area (Å²) in [7, 11) is 0. The Bertz CT molecular complexity index is 838. The number of hydrazine groups is 1. The fourth-order valence-electron chi connectivity index (χ4n) is 2.09. The fraction of sp³-hybridized carbons (Fsp3) is 0.118. The topological polar surface area (TPSA) is 154 Å². The van der Waals surface area contributed by atoms with Crippen LogP contribution in [0.1, 0.15) is 16.8 Å². The zero-order valence-corrected chi connectivity index (χ0v) is 13.9. The number of nitrogens with one attached hydrogen (secondary N) is 3. The molecule has 140 valence electrons. The van der Waals surface area contributed by atoms with Crippen molar-refractivity contribution in [3.8, 4) is 0 Å². The van der Waals surface area contributed by atoms with E-state index in [1.54, 1.807) is 30.3 Å². The Balaban J connectivity index is 2.01. The summed E-state index contributed by atoms with van der Waals surface area (Å²) in [5.41, 5.74) is 5.00. The van der Waals surface area contributed by atoms with Gasteiger partial charge >= 0.3 is 0 Å². The van der Waals surface area contributed by atoms with E-state index in [2.05, 4.69) is 16.2 Å². The Hall–Kier alpha value is -3.79. The number of carboxylic acids is 1. The molecule has 0 bridgehead atoms.